The van der Waals surface area contributed by atoms with Gasteiger partial charge in [0.1, 0.15) is 23.9 Å². The van der Waals surface area contributed by atoms with Crippen LogP contribution in [0.1, 0.15) is 86.7 Å². The number of amides is 1. The summed E-state index contributed by atoms with van der Waals surface area (Å²) in [6.07, 6.45) is -10.5. The number of benzene rings is 3. The number of carbonyl (C=O) groups is 6. The van der Waals surface area contributed by atoms with Crippen LogP contribution in [0.25, 0.3) is 0 Å². The molecule has 11 atom stereocenters. The molecular formula is C47H51NO14. The number of nitrogens with one attached hydrogen (secondary N) is 1. The Kier molecular flexibility index (Phi) is 11.8. The fourth-order valence-corrected chi connectivity index (χ4v) is 10.2. The first-order valence-electron chi connectivity index (χ1n) is 20.5. The van der Waals surface area contributed by atoms with Crippen LogP contribution in [-0.2, 0) is 42.9 Å². The van der Waals surface area contributed by atoms with Crippen molar-refractivity contribution in [2.45, 2.75) is 108 Å². The van der Waals surface area contributed by atoms with Crippen LogP contribution in [0.2, 0.25) is 0 Å². The van der Waals surface area contributed by atoms with Crippen molar-refractivity contribution >= 4 is 35.6 Å². The Morgan fingerprint density at radius 2 is 1.40 bits per heavy atom. The number of Topliss-reactive ketones (excluding diaryl/α,β-unsaturated/α-hetero) is 1. The molecule has 0 spiro atoms. The first kappa shape index (κ1) is 44.3. The highest BCUT2D eigenvalue weighted by atomic mass is 16.6. The molecule has 3 aliphatic carbocycles. The topological polar surface area (TPSA) is 221 Å². The molecule has 2 bridgehead atoms. The summed E-state index contributed by atoms with van der Waals surface area (Å²) in [4.78, 5) is 83.5. The van der Waals surface area contributed by atoms with Crippen LogP contribution in [0.3, 0.4) is 0 Å². The molecule has 1 saturated heterocycles. The monoisotopic (exact) mass is 853 g/mol. The summed E-state index contributed by atoms with van der Waals surface area (Å²) in [6, 6.07) is 22.9. The minimum Gasteiger partial charge on any atom is -0.456 e. The summed E-state index contributed by atoms with van der Waals surface area (Å²) in [5, 5.41) is 40.2. The van der Waals surface area contributed by atoms with Crippen molar-refractivity contribution in [3.05, 3.63) is 119 Å². The van der Waals surface area contributed by atoms with Gasteiger partial charge >= 0.3 is 23.9 Å². The van der Waals surface area contributed by atoms with Crippen molar-refractivity contribution in [3.63, 3.8) is 0 Å². The summed E-state index contributed by atoms with van der Waals surface area (Å²) in [5.41, 5.74) is -7.02. The number of esters is 4. The Bertz CT molecular complexity index is 2280. The van der Waals surface area contributed by atoms with E-state index in [1.54, 1.807) is 92.7 Å². The Balaban J connectivity index is 1.39. The second-order valence-electron chi connectivity index (χ2n) is 17.4. The quantitative estimate of drug-likeness (QED) is 0.130. The van der Waals surface area contributed by atoms with Crippen LogP contribution in [0.5, 0.6) is 0 Å². The zero-order valence-corrected chi connectivity index (χ0v) is 35.2. The van der Waals surface area contributed by atoms with Crippen molar-refractivity contribution in [2.24, 2.45) is 16.7 Å². The number of aliphatic hydroxyl groups excluding tert-OH is 2. The van der Waals surface area contributed by atoms with E-state index in [0.29, 0.717) is 5.56 Å². The maximum Gasteiger partial charge on any atom is 0.338 e. The van der Waals surface area contributed by atoms with Gasteiger partial charge in [0.2, 0.25) is 0 Å². The lowest BCUT2D eigenvalue weighted by Crippen LogP contribution is -2.82. The van der Waals surface area contributed by atoms with Gasteiger partial charge < -0.3 is 44.3 Å². The zero-order valence-electron chi connectivity index (χ0n) is 35.2. The summed E-state index contributed by atoms with van der Waals surface area (Å²) < 4.78 is 30.3. The number of hydrogen-bond donors (Lipinski definition) is 4. The average Bonchev–Trinajstić information content (AvgIpc) is 3.24. The number of rotatable bonds is 10. The molecule has 4 N–H and O–H groups in total. The molecule has 1 aliphatic heterocycles. The van der Waals surface area contributed by atoms with Crippen molar-refractivity contribution in [2.75, 3.05) is 6.61 Å². The minimum atomic E-state index is -2.39. The maximum absolute atomic E-state index is 15.5. The second-order valence-corrected chi connectivity index (χ2v) is 17.4. The van der Waals surface area contributed by atoms with Crippen molar-refractivity contribution in [1.29, 1.82) is 0 Å². The SMILES string of the molecule is CC(=O)O[C@H]1C(=O)C2(C)C(O)C[C@H]3OC[C@@]3(OC(C)=O)C2[C@H](OC(=O)c2ccccc2)C2(O)C[C@H](OC(=O)C(O)C(NC(=O)c3ccccc3)c3ccccc3)C(C)=C1C2(C)C. The third-order valence-electron chi connectivity index (χ3n) is 13.5. The van der Waals surface area contributed by atoms with E-state index in [2.05, 4.69) is 5.32 Å². The van der Waals surface area contributed by atoms with Gasteiger partial charge in [-0.15, -0.1) is 0 Å². The second kappa shape index (κ2) is 16.5. The number of hydrogen-bond acceptors (Lipinski definition) is 14. The van der Waals surface area contributed by atoms with Gasteiger partial charge in [0.05, 0.1) is 35.6 Å². The number of fused-ring (bicyclic) bond motifs is 5. The molecule has 1 amide bonds. The van der Waals surface area contributed by atoms with Crippen LogP contribution in [0.15, 0.2) is 102 Å². The van der Waals surface area contributed by atoms with E-state index in [1.807, 2.05) is 0 Å². The molecule has 6 unspecified atom stereocenters. The van der Waals surface area contributed by atoms with Crippen molar-refractivity contribution < 1.29 is 67.8 Å². The van der Waals surface area contributed by atoms with Gasteiger partial charge in [-0.3, -0.25) is 19.2 Å². The molecule has 0 aromatic heterocycles. The fourth-order valence-electron chi connectivity index (χ4n) is 10.2. The van der Waals surface area contributed by atoms with E-state index in [4.69, 9.17) is 23.7 Å². The molecule has 0 radical (unpaired) electrons. The number of aliphatic hydroxyl groups is 3. The van der Waals surface area contributed by atoms with Crippen LogP contribution < -0.4 is 5.32 Å². The molecule has 1 heterocycles. The van der Waals surface area contributed by atoms with E-state index >= 15 is 4.79 Å². The van der Waals surface area contributed by atoms with Gasteiger partial charge in [-0.25, -0.2) is 9.59 Å². The predicted molar refractivity (Wildman–Crippen MR) is 218 cm³/mol. The lowest BCUT2D eigenvalue weighted by atomic mass is 9.44. The molecule has 62 heavy (non-hydrogen) atoms. The summed E-state index contributed by atoms with van der Waals surface area (Å²) in [6.45, 7) is 7.97. The van der Waals surface area contributed by atoms with Gasteiger partial charge in [-0.2, -0.15) is 0 Å². The molecular weight excluding hydrogens is 803 g/mol. The molecule has 328 valence electrons. The van der Waals surface area contributed by atoms with Gasteiger partial charge in [0.15, 0.2) is 23.6 Å². The average molecular weight is 854 g/mol. The first-order valence-corrected chi connectivity index (χ1v) is 20.5. The molecule has 7 rings (SSSR count). The Morgan fingerprint density at radius 1 is 0.823 bits per heavy atom. The summed E-state index contributed by atoms with van der Waals surface area (Å²) in [5.74, 6) is -6.84. The van der Waals surface area contributed by atoms with E-state index in [0.717, 1.165) is 13.8 Å². The Hall–Kier alpha value is -5.74. The van der Waals surface area contributed by atoms with Crippen LogP contribution in [-0.4, -0.2) is 105 Å². The minimum absolute atomic E-state index is 0.00289. The van der Waals surface area contributed by atoms with E-state index in [1.165, 1.54) is 26.0 Å². The van der Waals surface area contributed by atoms with Gasteiger partial charge in [0, 0.05) is 37.7 Å². The highest BCUT2D eigenvalue weighted by molar-refractivity contribution is 5.96. The van der Waals surface area contributed by atoms with Crippen molar-refractivity contribution in [3.8, 4) is 0 Å². The molecule has 15 heteroatoms. The molecule has 3 aromatic rings. The van der Waals surface area contributed by atoms with Crippen LogP contribution >= 0.6 is 0 Å². The third-order valence-corrected chi connectivity index (χ3v) is 13.5. The normalized spacial score (nSPS) is 31.9. The molecule has 4 aliphatic rings. The van der Waals surface area contributed by atoms with Gasteiger partial charge in [0.25, 0.3) is 5.91 Å². The first-order chi connectivity index (χ1) is 29.3. The van der Waals surface area contributed by atoms with E-state index in [-0.39, 0.29) is 35.3 Å². The Labute approximate surface area is 358 Å². The highest BCUT2D eigenvalue weighted by Crippen LogP contribution is 2.64. The molecule has 3 fully saturated rings. The Morgan fingerprint density at radius 3 is 1.95 bits per heavy atom. The number of carbonyl (C=O) groups excluding carboxylic acids is 6. The highest BCUT2D eigenvalue weighted by Gasteiger charge is 2.78. The lowest BCUT2D eigenvalue weighted by Gasteiger charge is -2.67. The molecule has 2 saturated carbocycles. The molecule has 15 nitrogen and oxygen atoms in total. The predicted octanol–water partition coefficient (Wildman–Crippen LogP) is 3.74. The number of ketones is 1. The third kappa shape index (κ3) is 7.29. The lowest BCUT2D eigenvalue weighted by molar-refractivity contribution is -0.346. The molecule has 3 aromatic carbocycles. The van der Waals surface area contributed by atoms with E-state index < -0.39 is 113 Å². The summed E-state index contributed by atoms with van der Waals surface area (Å²) >= 11 is 0. The largest absolute Gasteiger partial charge is 0.456 e. The standard InChI is InChI=1S/C47H51NO14/c1-25-31(60-43(56)36(52)35(28-16-10-7-11-17-28)48-41(54)29-18-12-8-13-19-29)23-47(57)40(61-42(55)30-20-14-9-15-21-30)38-45(6,32(51)22-33-46(38,24-58-33)62-27(3)50)39(53)37(59-26(2)49)34(25)44(47,4)5/h7-21,31-33,35-38,40,51-52,57H,22-24H2,1-6H3,(H,48,54)/t31-,32?,33+,35?,36?,37+,38?,40-,45?,46-,47?/m0/s1. The van der Waals surface area contributed by atoms with Gasteiger partial charge in [-0.1, -0.05) is 80.6 Å². The van der Waals surface area contributed by atoms with Crippen LogP contribution in [0, 0.1) is 16.7 Å². The number of ether oxygens (including phenoxy) is 5. The smallest absolute Gasteiger partial charge is 0.338 e. The fraction of sp³-hybridized carbons (Fsp3) is 0.447. The van der Waals surface area contributed by atoms with Gasteiger partial charge in [-0.05, 0) is 54.8 Å². The zero-order chi connectivity index (χ0) is 44.9. The van der Waals surface area contributed by atoms with E-state index in [9.17, 15) is 39.3 Å². The summed E-state index contributed by atoms with van der Waals surface area (Å²) in [7, 11) is 0. The maximum atomic E-state index is 15.5. The van der Waals surface area contributed by atoms with Crippen molar-refractivity contribution in [1.82, 2.24) is 5.32 Å². The van der Waals surface area contributed by atoms with Crippen LogP contribution in [0.4, 0.5) is 0 Å².